The number of rotatable bonds is 5. The molecule has 4 nitrogen and oxygen atoms in total. The maximum absolute atomic E-state index is 5.80. The highest BCUT2D eigenvalue weighted by Gasteiger charge is 2.25. The van der Waals surface area contributed by atoms with E-state index in [-0.39, 0.29) is 0 Å². The van der Waals surface area contributed by atoms with E-state index in [0.29, 0.717) is 12.6 Å². The molecule has 0 saturated carbocycles. The molecule has 2 heterocycles. The highest BCUT2D eigenvalue weighted by atomic mass is 16.5. The Hall–Kier alpha value is -2.07. The molecule has 1 aliphatic heterocycles. The Morgan fingerprint density at radius 3 is 3.05 bits per heavy atom. The van der Waals surface area contributed by atoms with Crippen molar-refractivity contribution in [3.8, 4) is 5.75 Å². The van der Waals surface area contributed by atoms with E-state index in [1.165, 1.54) is 18.4 Å². The zero-order chi connectivity index (χ0) is 14.5. The van der Waals surface area contributed by atoms with E-state index in [9.17, 15) is 0 Å². The lowest BCUT2D eigenvalue weighted by molar-refractivity contribution is 0.197. The molecule has 2 aromatic rings. The molecule has 3 rings (SSSR count). The number of anilines is 1. The van der Waals surface area contributed by atoms with E-state index >= 15 is 0 Å². The third-order valence-corrected chi connectivity index (χ3v) is 3.94. The Bertz CT molecular complexity index is 573. The molecule has 1 aliphatic rings. The number of benzene rings is 1. The van der Waals surface area contributed by atoms with E-state index in [4.69, 9.17) is 10.5 Å². The van der Waals surface area contributed by atoms with Gasteiger partial charge in [-0.3, -0.25) is 9.88 Å². The number of likely N-dealkylation sites (tertiary alicyclic amines) is 1. The third-order valence-electron chi connectivity index (χ3n) is 3.94. The van der Waals surface area contributed by atoms with Gasteiger partial charge in [-0.05, 0) is 43.1 Å². The zero-order valence-electron chi connectivity index (χ0n) is 12.1. The number of nitrogen functional groups attached to an aromatic ring is 1. The van der Waals surface area contributed by atoms with Crippen LogP contribution >= 0.6 is 0 Å². The first-order valence-corrected chi connectivity index (χ1v) is 7.45. The summed E-state index contributed by atoms with van der Waals surface area (Å²) in [5.41, 5.74) is 7.80. The normalized spacial score (nSPS) is 18.8. The monoisotopic (exact) mass is 283 g/mol. The predicted molar refractivity (Wildman–Crippen MR) is 84.1 cm³/mol. The number of hydrogen-bond acceptors (Lipinski definition) is 4. The fourth-order valence-electron chi connectivity index (χ4n) is 2.93. The van der Waals surface area contributed by atoms with Crippen molar-refractivity contribution in [1.29, 1.82) is 0 Å². The van der Waals surface area contributed by atoms with Gasteiger partial charge in [0, 0.05) is 36.7 Å². The molecule has 0 radical (unpaired) electrons. The molecule has 1 aromatic carbocycles. The summed E-state index contributed by atoms with van der Waals surface area (Å²) in [6.07, 6.45) is 6.23. The Balaban J connectivity index is 1.55. The summed E-state index contributed by atoms with van der Waals surface area (Å²) in [6.45, 7) is 2.73. The van der Waals surface area contributed by atoms with Crippen LogP contribution in [-0.4, -0.2) is 29.6 Å². The molecule has 4 heteroatoms. The number of hydrogen-bond donors (Lipinski definition) is 1. The number of nitrogens with two attached hydrogens (primary N) is 1. The predicted octanol–water partition coefficient (Wildman–Crippen LogP) is 2.88. The van der Waals surface area contributed by atoms with Crippen LogP contribution in [0.1, 0.15) is 24.4 Å². The summed E-state index contributed by atoms with van der Waals surface area (Å²) in [6, 6.07) is 12.2. The Morgan fingerprint density at radius 2 is 2.24 bits per heavy atom. The van der Waals surface area contributed by atoms with Crippen molar-refractivity contribution in [3.63, 3.8) is 0 Å². The van der Waals surface area contributed by atoms with Crippen molar-refractivity contribution >= 4 is 5.69 Å². The van der Waals surface area contributed by atoms with Gasteiger partial charge in [-0.25, -0.2) is 0 Å². The molecule has 2 N–H and O–H groups in total. The number of nitrogens with zero attached hydrogens (tertiary/aromatic N) is 2. The Kier molecular flexibility index (Phi) is 4.36. The fourth-order valence-corrected chi connectivity index (χ4v) is 2.93. The first-order valence-electron chi connectivity index (χ1n) is 7.45. The smallest absolute Gasteiger partial charge is 0.121 e. The van der Waals surface area contributed by atoms with Gasteiger partial charge in [-0.2, -0.15) is 0 Å². The van der Waals surface area contributed by atoms with Gasteiger partial charge in [0.25, 0.3) is 0 Å². The lowest BCUT2D eigenvalue weighted by Gasteiger charge is -2.24. The van der Waals surface area contributed by atoms with Crippen molar-refractivity contribution in [2.24, 2.45) is 0 Å². The van der Waals surface area contributed by atoms with Gasteiger partial charge in [0.2, 0.25) is 0 Å². The lowest BCUT2D eigenvalue weighted by Crippen LogP contribution is -2.28. The number of ether oxygens (including phenoxy) is 1. The van der Waals surface area contributed by atoms with E-state index in [2.05, 4.69) is 16.0 Å². The summed E-state index contributed by atoms with van der Waals surface area (Å²) in [5.74, 6) is 0.840. The van der Waals surface area contributed by atoms with Crippen molar-refractivity contribution in [1.82, 2.24) is 9.88 Å². The molecule has 1 atom stereocenters. The number of aromatic nitrogens is 1. The zero-order valence-corrected chi connectivity index (χ0v) is 12.1. The van der Waals surface area contributed by atoms with E-state index in [0.717, 1.165) is 24.5 Å². The molecule has 0 amide bonds. The van der Waals surface area contributed by atoms with Gasteiger partial charge in [-0.1, -0.05) is 12.1 Å². The second-order valence-corrected chi connectivity index (χ2v) is 5.40. The van der Waals surface area contributed by atoms with Crippen molar-refractivity contribution in [3.05, 3.63) is 54.4 Å². The topological polar surface area (TPSA) is 51.4 Å². The standard InChI is InChI=1S/C17H21N3O/c18-15-5-1-6-16(12-15)21-11-10-20-9-3-7-17(20)14-4-2-8-19-13-14/h1-2,4-6,8,12-13,17H,3,7,9-11,18H2. The minimum absolute atomic E-state index is 0.475. The van der Waals surface area contributed by atoms with E-state index in [1.54, 1.807) is 0 Å². The van der Waals surface area contributed by atoms with Gasteiger partial charge in [0.05, 0.1) is 0 Å². The van der Waals surface area contributed by atoms with Crippen LogP contribution in [-0.2, 0) is 0 Å². The summed E-state index contributed by atoms with van der Waals surface area (Å²) >= 11 is 0. The first kappa shape index (κ1) is 13.9. The largest absolute Gasteiger partial charge is 0.492 e. The first-order chi connectivity index (χ1) is 10.3. The molecule has 0 aliphatic carbocycles. The van der Waals surface area contributed by atoms with Gasteiger partial charge in [-0.15, -0.1) is 0 Å². The number of pyridine rings is 1. The van der Waals surface area contributed by atoms with Gasteiger partial charge < -0.3 is 10.5 Å². The van der Waals surface area contributed by atoms with Crippen molar-refractivity contribution in [2.75, 3.05) is 25.4 Å². The average molecular weight is 283 g/mol. The molecule has 0 spiro atoms. The van der Waals surface area contributed by atoms with Gasteiger partial charge in [0.1, 0.15) is 12.4 Å². The average Bonchev–Trinajstić information content (AvgIpc) is 2.97. The van der Waals surface area contributed by atoms with Crippen LogP contribution in [0.5, 0.6) is 5.75 Å². The Morgan fingerprint density at radius 1 is 1.29 bits per heavy atom. The quantitative estimate of drug-likeness (QED) is 0.857. The SMILES string of the molecule is Nc1cccc(OCCN2CCCC2c2cccnc2)c1. The Labute approximate surface area is 125 Å². The van der Waals surface area contributed by atoms with E-state index in [1.807, 2.05) is 42.7 Å². The van der Waals surface area contributed by atoms with Gasteiger partial charge in [0.15, 0.2) is 0 Å². The molecule has 0 bridgehead atoms. The van der Waals surface area contributed by atoms with Crippen LogP contribution < -0.4 is 10.5 Å². The highest BCUT2D eigenvalue weighted by molar-refractivity contribution is 5.43. The summed E-state index contributed by atoms with van der Waals surface area (Å²) in [4.78, 5) is 6.70. The maximum Gasteiger partial charge on any atom is 0.121 e. The minimum Gasteiger partial charge on any atom is -0.492 e. The van der Waals surface area contributed by atoms with Gasteiger partial charge >= 0.3 is 0 Å². The fraction of sp³-hybridized carbons (Fsp3) is 0.353. The van der Waals surface area contributed by atoms with Crippen LogP contribution in [0.25, 0.3) is 0 Å². The van der Waals surface area contributed by atoms with E-state index < -0.39 is 0 Å². The molecular formula is C17H21N3O. The van der Waals surface area contributed by atoms with Crippen molar-refractivity contribution < 1.29 is 4.74 Å². The molecule has 21 heavy (non-hydrogen) atoms. The second kappa shape index (κ2) is 6.59. The van der Waals surface area contributed by atoms with Crippen LogP contribution in [0.3, 0.4) is 0 Å². The molecule has 1 fully saturated rings. The molecule has 1 unspecified atom stereocenters. The summed E-state index contributed by atoms with van der Waals surface area (Å²) < 4.78 is 5.80. The third kappa shape index (κ3) is 3.52. The van der Waals surface area contributed by atoms with Crippen molar-refractivity contribution in [2.45, 2.75) is 18.9 Å². The van der Waals surface area contributed by atoms with Crippen LogP contribution in [0.2, 0.25) is 0 Å². The lowest BCUT2D eigenvalue weighted by atomic mass is 10.1. The van der Waals surface area contributed by atoms with Crippen LogP contribution in [0.15, 0.2) is 48.8 Å². The highest BCUT2D eigenvalue weighted by Crippen LogP contribution is 2.30. The molecular weight excluding hydrogens is 262 g/mol. The molecule has 110 valence electrons. The molecule has 1 aromatic heterocycles. The van der Waals surface area contributed by atoms with Crippen LogP contribution in [0, 0.1) is 0 Å². The minimum atomic E-state index is 0.475. The summed E-state index contributed by atoms with van der Waals surface area (Å²) in [5, 5.41) is 0. The maximum atomic E-state index is 5.80. The second-order valence-electron chi connectivity index (χ2n) is 5.40. The summed E-state index contributed by atoms with van der Waals surface area (Å²) in [7, 11) is 0. The van der Waals surface area contributed by atoms with Crippen LogP contribution in [0.4, 0.5) is 5.69 Å². The molecule has 1 saturated heterocycles.